The van der Waals surface area contributed by atoms with Crippen molar-refractivity contribution in [2.45, 2.75) is 57.8 Å². The molecule has 0 radical (unpaired) electrons. The van der Waals surface area contributed by atoms with E-state index in [1.54, 1.807) is 25.4 Å². The van der Waals surface area contributed by atoms with Crippen LogP contribution in [-0.4, -0.2) is 56.6 Å². The number of hydrogen-bond donors (Lipinski definition) is 0. The lowest BCUT2D eigenvalue weighted by molar-refractivity contribution is -0.141. The Morgan fingerprint density at radius 3 is 2.56 bits per heavy atom. The number of carbonyl (C=O) groups excluding carboxylic acids is 1. The van der Waals surface area contributed by atoms with Gasteiger partial charge in [-0.15, -0.1) is 0 Å². The van der Waals surface area contributed by atoms with Crippen LogP contribution in [-0.2, 0) is 23.9 Å². The number of halogens is 5. The molecule has 13 heteroatoms. The molecule has 8 nitrogen and oxygen atoms in total. The van der Waals surface area contributed by atoms with Gasteiger partial charge in [0.1, 0.15) is 17.4 Å². The van der Waals surface area contributed by atoms with Crippen molar-refractivity contribution < 1.29 is 27.1 Å². The number of amides is 1. The molecule has 2 aliphatic heterocycles. The maximum atomic E-state index is 14.9. The van der Waals surface area contributed by atoms with Crippen LogP contribution in [0.25, 0.3) is 0 Å². The molecule has 230 valence electrons. The second-order valence-corrected chi connectivity index (χ2v) is 12.1. The van der Waals surface area contributed by atoms with Crippen LogP contribution in [0.1, 0.15) is 55.7 Å². The number of fused-ring (bicyclic) bond motifs is 1. The van der Waals surface area contributed by atoms with Gasteiger partial charge in [-0.3, -0.25) is 4.79 Å². The molecule has 1 aliphatic carbocycles. The molecule has 3 aliphatic rings. The number of piperidine rings is 1. The molecule has 4 heterocycles. The lowest BCUT2D eigenvalue weighted by Gasteiger charge is -2.34. The van der Waals surface area contributed by atoms with E-state index in [1.165, 1.54) is 28.0 Å². The number of carbonyl (C=O) groups is 1. The molecule has 43 heavy (non-hydrogen) atoms. The second kappa shape index (κ2) is 11.9. The van der Waals surface area contributed by atoms with E-state index < -0.39 is 23.7 Å². The Morgan fingerprint density at radius 2 is 1.86 bits per heavy atom. The van der Waals surface area contributed by atoms with Gasteiger partial charge in [-0.1, -0.05) is 17.7 Å². The summed E-state index contributed by atoms with van der Waals surface area (Å²) in [4.78, 5) is 29.0. The molecule has 1 aromatic carbocycles. The maximum absolute atomic E-state index is 14.9. The van der Waals surface area contributed by atoms with Gasteiger partial charge < -0.3 is 19.1 Å². The number of benzene rings is 1. The van der Waals surface area contributed by atoms with Crippen LogP contribution < -0.4 is 9.64 Å². The summed E-state index contributed by atoms with van der Waals surface area (Å²) >= 11 is 5.89. The number of imidazole rings is 1. The fourth-order valence-electron chi connectivity index (χ4n) is 6.50. The zero-order valence-electron chi connectivity index (χ0n) is 23.7. The first-order valence-electron chi connectivity index (χ1n) is 14.6. The van der Waals surface area contributed by atoms with Crippen LogP contribution in [0.4, 0.5) is 23.5 Å². The molecule has 2 fully saturated rings. The number of aromatic nitrogens is 4. The number of nitrogens with zero attached hydrogens (tertiary/aromatic N) is 6. The predicted molar refractivity (Wildman–Crippen MR) is 151 cm³/mol. The molecule has 6 rings (SSSR count). The van der Waals surface area contributed by atoms with Crippen molar-refractivity contribution in [1.82, 2.24) is 24.4 Å². The highest BCUT2D eigenvalue weighted by molar-refractivity contribution is 6.30. The average molecular weight is 621 g/mol. The van der Waals surface area contributed by atoms with Crippen molar-refractivity contribution in [3.8, 4) is 5.75 Å². The van der Waals surface area contributed by atoms with Crippen LogP contribution in [0.2, 0.25) is 5.02 Å². The summed E-state index contributed by atoms with van der Waals surface area (Å²) < 4.78 is 61.5. The Kier molecular flexibility index (Phi) is 8.23. The maximum Gasteiger partial charge on any atom is 0.434 e. The van der Waals surface area contributed by atoms with E-state index in [0.717, 1.165) is 44.5 Å². The zero-order chi connectivity index (χ0) is 30.3. The minimum atomic E-state index is -4.56. The first kappa shape index (κ1) is 29.7. The van der Waals surface area contributed by atoms with Crippen molar-refractivity contribution in [2.24, 2.45) is 17.8 Å². The van der Waals surface area contributed by atoms with Crippen LogP contribution in [0.15, 0.2) is 36.8 Å². The molecule has 1 saturated heterocycles. The topological polar surface area (TPSA) is 76.4 Å². The number of anilines is 1. The third-order valence-corrected chi connectivity index (χ3v) is 9.17. The van der Waals surface area contributed by atoms with Gasteiger partial charge in [0.15, 0.2) is 5.69 Å². The zero-order valence-corrected chi connectivity index (χ0v) is 24.5. The quantitative estimate of drug-likeness (QED) is 0.290. The number of hydrogen-bond acceptors (Lipinski definition) is 6. The highest BCUT2D eigenvalue weighted by atomic mass is 35.5. The summed E-state index contributed by atoms with van der Waals surface area (Å²) in [6, 6.07) is 3.84. The summed E-state index contributed by atoms with van der Waals surface area (Å²) in [7, 11) is 0. The summed E-state index contributed by atoms with van der Waals surface area (Å²) in [6.07, 6.45) is 3.77. The highest BCUT2D eigenvalue weighted by Crippen LogP contribution is 2.50. The van der Waals surface area contributed by atoms with Crippen LogP contribution in [0, 0.1) is 23.6 Å². The SMILES string of the molecule is CC1c2nc(C(F)(F)F)cn2CCN1C(=O)Cc1ccc(OCC[C@@H]2C[C@@H]2C2CCN(c3ncc(Cl)cn3)CC2)cc1F. The summed E-state index contributed by atoms with van der Waals surface area (Å²) in [5.74, 6) is 2.38. The van der Waals surface area contributed by atoms with Crippen molar-refractivity contribution >= 4 is 23.5 Å². The van der Waals surface area contributed by atoms with E-state index in [0.29, 0.717) is 35.1 Å². The molecule has 1 saturated carbocycles. The minimum Gasteiger partial charge on any atom is -0.493 e. The van der Waals surface area contributed by atoms with Crippen molar-refractivity contribution in [2.75, 3.05) is 31.1 Å². The summed E-state index contributed by atoms with van der Waals surface area (Å²) in [5.41, 5.74) is -0.763. The monoisotopic (exact) mass is 620 g/mol. The van der Waals surface area contributed by atoms with E-state index in [9.17, 15) is 22.4 Å². The van der Waals surface area contributed by atoms with Crippen molar-refractivity contribution in [3.05, 3.63) is 64.7 Å². The molecule has 0 N–H and O–H groups in total. The summed E-state index contributed by atoms with van der Waals surface area (Å²) in [5, 5.41) is 0.531. The third-order valence-electron chi connectivity index (χ3n) is 8.98. The van der Waals surface area contributed by atoms with Gasteiger partial charge in [0.05, 0.1) is 36.5 Å². The molecular weight excluding hydrogens is 588 g/mol. The normalized spacial score (nSPS) is 22.4. The highest BCUT2D eigenvalue weighted by Gasteiger charge is 2.43. The molecule has 1 unspecified atom stereocenters. The number of alkyl halides is 3. The van der Waals surface area contributed by atoms with E-state index in [-0.39, 0.29) is 36.8 Å². The first-order valence-corrected chi connectivity index (χ1v) is 15.0. The van der Waals surface area contributed by atoms with Gasteiger partial charge >= 0.3 is 6.18 Å². The van der Waals surface area contributed by atoms with Gasteiger partial charge in [0.2, 0.25) is 11.9 Å². The molecular formula is C30H33ClF4N6O2. The van der Waals surface area contributed by atoms with Gasteiger partial charge in [-0.05, 0) is 62.0 Å². The van der Waals surface area contributed by atoms with Crippen molar-refractivity contribution in [3.63, 3.8) is 0 Å². The van der Waals surface area contributed by atoms with Crippen LogP contribution in [0.5, 0.6) is 5.75 Å². The minimum absolute atomic E-state index is 0.173. The standard InChI is InChI=1S/C30H33ClF4N6O2/c1-18-28-38-26(30(33,34)35)17-40(28)9-10-41(18)27(42)13-21-2-3-23(14-25(21)32)43-11-6-20-12-24(20)19-4-7-39(8-5-19)29-36-15-22(31)16-37-29/h2-3,14-20,24H,4-13H2,1H3/t18?,20-,24-/m1/s1. The first-order chi connectivity index (χ1) is 20.6. The lowest BCUT2D eigenvalue weighted by Crippen LogP contribution is -2.41. The third kappa shape index (κ3) is 6.58. The number of ether oxygens (including phenoxy) is 1. The average Bonchev–Trinajstić information content (AvgIpc) is 3.60. The second-order valence-electron chi connectivity index (χ2n) is 11.7. The predicted octanol–water partition coefficient (Wildman–Crippen LogP) is 5.95. The fourth-order valence-corrected chi connectivity index (χ4v) is 6.60. The molecule has 3 atom stereocenters. The fraction of sp³-hybridized carbons (Fsp3) is 0.533. The molecule has 3 aromatic rings. The van der Waals surface area contributed by atoms with E-state index in [1.807, 2.05) is 0 Å². The number of rotatable bonds is 8. The van der Waals surface area contributed by atoms with E-state index in [2.05, 4.69) is 19.9 Å². The Labute approximate surface area is 252 Å². The van der Waals surface area contributed by atoms with Gasteiger partial charge in [-0.2, -0.15) is 13.2 Å². The Hall–Kier alpha value is -3.41. The molecule has 2 aromatic heterocycles. The van der Waals surface area contributed by atoms with Crippen LogP contribution in [0.3, 0.4) is 0 Å². The van der Waals surface area contributed by atoms with Gasteiger partial charge in [-0.25, -0.2) is 19.3 Å². The largest absolute Gasteiger partial charge is 0.493 e. The summed E-state index contributed by atoms with van der Waals surface area (Å²) in [6.45, 7) is 4.41. The molecule has 0 spiro atoms. The lowest BCUT2D eigenvalue weighted by atomic mass is 9.90. The van der Waals surface area contributed by atoms with Crippen LogP contribution >= 0.6 is 11.6 Å². The van der Waals surface area contributed by atoms with E-state index >= 15 is 0 Å². The van der Waals surface area contributed by atoms with Gasteiger partial charge in [0.25, 0.3) is 0 Å². The Balaban J connectivity index is 0.946. The Morgan fingerprint density at radius 1 is 1.12 bits per heavy atom. The van der Waals surface area contributed by atoms with Gasteiger partial charge in [0, 0.05) is 38.4 Å². The Bertz CT molecular complexity index is 1460. The van der Waals surface area contributed by atoms with Crippen molar-refractivity contribution in [1.29, 1.82) is 0 Å². The van der Waals surface area contributed by atoms with E-state index in [4.69, 9.17) is 16.3 Å². The molecule has 1 amide bonds. The molecule has 0 bridgehead atoms. The smallest absolute Gasteiger partial charge is 0.434 e.